The Balaban J connectivity index is 0.00000108. The first-order chi connectivity index (χ1) is 17.0. The van der Waals surface area contributed by atoms with Gasteiger partial charge in [-0.15, -0.1) is 23.2 Å². The van der Waals surface area contributed by atoms with Gasteiger partial charge in [-0.1, -0.05) is 81.1 Å². The van der Waals surface area contributed by atoms with Crippen LogP contribution in [0.1, 0.15) is 100 Å². The van der Waals surface area contributed by atoms with Crippen LogP contribution < -0.4 is 0 Å². The van der Waals surface area contributed by atoms with Gasteiger partial charge < -0.3 is 0 Å². The molecule has 0 unspecified atom stereocenters. The van der Waals surface area contributed by atoms with Crippen LogP contribution >= 0.6 is 23.2 Å². The number of halogens is 2. The van der Waals surface area contributed by atoms with Crippen molar-refractivity contribution in [3.63, 3.8) is 0 Å². The van der Waals surface area contributed by atoms with Gasteiger partial charge in [-0.25, -0.2) is 0 Å². The van der Waals surface area contributed by atoms with Gasteiger partial charge >= 0.3 is 0 Å². The van der Waals surface area contributed by atoms with E-state index in [0.717, 1.165) is 58.2 Å². The zero-order valence-electron chi connectivity index (χ0n) is 21.7. The first kappa shape index (κ1) is 28.0. The van der Waals surface area contributed by atoms with Crippen molar-refractivity contribution in [2.75, 3.05) is 13.1 Å². The second-order valence-corrected chi connectivity index (χ2v) is 11.7. The van der Waals surface area contributed by atoms with Gasteiger partial charge in [0, 0.05) is 13.5 Å². The lowest BCUT2D eigenvalue weighted by Gasteiger charge is -2.31. The highest BCUT2D eigenvalue weighted by Gasteiger charge is 2.40. The van der Waals surface area contributed by atoms with Gasteiger partial charge in [0.1, 0.15) is 0 Å². The molecule has 2 aromatic carbocycles. The smallest absolute Gasteiger partial charge is 0.0697 e. The number of alkyl halides is 2. The Kier molecular flexibility index (Phi) is 11.0. The molecule has 2 aliphatic rings. The van der Waals surface area contributed by atoms with Crippen LogP contribution in [0.2, 0.25) is 0 Å². The van der Waals surface area contributed by atoms with E-state index in [1.807, 2.05) is 0 Å². The molecule has 0 aliphatic heterocycles. The summed E-state index contributed by atoms with van der Waals surface area (Å²) in [6.07, 6.45) is 12.7. The van der Waals surface area contributed by atoms with Crippen molar-refractivity contribution in [3.8, 4) is 6.07 Å². The maximum absolute atomic E-state index is 7.32. The zero-order valence-corrected chi connectivity index (χ0v) is 23.2. The molecule has 2 aliphatic carbocycles. The first-order valence-electron chi connectivity index (χ1n) is 13.5. The molecule has 2 saturated carbocycles. The van der Waals surface area contributed by atoms with Gasteiger partial charge in [-0.3, -0.25) is 4.90 Å². The molecule has 0 aromatic heterocycles. The Hall–Kier alpha value is -1.53. The maximum Gasteiger partial charge on any atom is 0.0697 e. The van der Waals surface area contributed by atoms with Crippen molar-refractivity contribution in [1.29, 1.82) is 5.26 Å². The van der Waals surface area contributed by atoms with Gasteiger partial charge in [-0.05, 0) is 80.3 Å². The molecule has 190 valence electrons. The largest absolute Gasteiger partial charge is 0.299 e. The first-order valence-corrected chi connectivity index (χ1v) is 14.3. The third-order valence-electron chi connectivity index (χ3n) is 7.62. The summed E-state index contributed by atoms with van der Waals surface area (Å²) in [6.45, 7) is 6.99. The number of hydrogen-bond donors (Lipinski definition) is 0. The predicted molar refractivity (Wildman–Crippen MR) is 150 cm³/mol. The second-order valence-electron chi connectivity index (χ2n) is 10.3. The van der Waals surface area contributed by atoms with Crippen molar-refractivity contribution >= 4 is 23.2 Å². The van der Waals surface area contributed by atoms with E-state index in [0.29, 0.717) is 0 Å². The van der Waals surface area contributed by atoms with Crippen LogP contribution in [-0.2, 0) is 22.7 Å². The van der Waals surface area contributed by atoms with Crippen LogP contribution in [0.3, 0.4) is 0 Å². The van der Waals surface area contributed by atoms with E-state index in [1.165, 1.54) is 61.3 Å². The molecule has 0 N–H and O–H groups in total. The minimum absolute atomic E-state index is 0.190. The highest BCUT2D eigenvalue weighted by molar-refractivity contribution is 6.25. The lowest BCUT2D eigenvalue weighted by molar-refractivity contribution is 0.262. The quantitative estimate of drug-likeness (QED) is 0.296. The second kappa shape index (κ2) is 13.7. The maximum atomic E-state index is 7.32. The van der Waals surface area contributed by atoms with Crippen molar-refractivity contribution in [2.45, 2.75) is 101 Å². The molecule has 0 amide bonds. The third-order valence-corrected chi connectivity index (χ3v) is 8.79. The Morgan fingerprint density at radius 3 is 1.83 bits per heavy atom. The molecule has 0 spiro atoms. The minimum Gasteiger partial charge on any atom is -0.299 e. The van der Waals surface area contributed by atoms with Crippen molar-refractivity contribution in [3.05, 3.63) is 70.8 Å². The normalized spacial score (nSPS) is 18.2. The van der Waals surface area contributed by atoms with E-state index < -0.39 is 0 Å². The molecule has 0 bridgehead atoms. The number of hydrogen-bond acceptors (Lipinski definition) is 2. The average molecular weight is 514 g/mol. The fraction of sp³-hybridized carbons (Fsp3) is 0.581. The molecule has 4 rings (SSSR count). The Bertz CT molecular complexity index is 898. The van der Waals surface area contributed by atoms with Crippen molar-refractivity contribution < 1.29 is 0 Å². The molecule has 35 heavy (non-hydrogen) atoms. The van der Waals surface area contributed by atoms with Crippen LogP contribution in [0, 0.1) is 11.3 Å². The SMILES string of the molecule is CC#N.CCCN(CCCc1c(C2(Cl)CCCC2)cccc1C1(Cl)CCCC1)Cc1ccccc1. The predicted octanol–water partition coefficient (Wildman–Crippen LogP) is 9.08. The Morgan fingerprint density at radius 1 is 0.829 bits per heavy atom. The van der Waals surface area contributed by atoms with E-state index in [9.17, 15) is 0 Å². The van der Waals surface area contributed by atoms with E-state index in [2.05, 4.69) is 60.4 Å². The standard InChI is InChI=1S/C29H39Cl2N.C2H3N/c1-2-21-32(23-24-12-4-3-5-13-24)22-11-14-25-26(28(30)17-6-7-18-28)15-10-16-27(25)29(31)19-8-9-20-29;1-2-3/h3-5,10,12-13,15-16H,2,6-9,11,14,17-23H2,1H3;1H3. The average Bonchev–Trinajstić information content (AvgIpc) is 3.50. The van der Waals surface area contributed by atoms with Crippen LogP contribution in [0.15, 0.2) is 48.5 Å². The van der Waals surface area contributed by atoms with E-state index in [1.54, 1.807) is 6.07 Å². The van der Waals surface area contributed by atoms with Crippen molar-refractivity contribution in [1.82, 2.24) is 4.90 Å². The summed E-state index contributed by atoms with van der Waals surface area (Å²) >= 11 is 14.5. The summed E-state index contributed by atoms with van der Waals surface area (Å²) in [6, 6.07) is 19.5. The van der Waals surface area contributed by atoms with E-state index >= 15 is 0 Å². The van der Waals surface area contributed by atoms with Gasteiger partial charge in [0.05, 0.1) is 15.8 Å². The number of benzene rings is 2. The van der Waals surface area contributed by atoms with E-state index in [4.69, 9.17) is 28.5 Å². The molecular weight excluding hydrogens is 471 g/mol. The van der Waals surface area contributed by atoms with Gasteiger partial charge in [0.25, 0.3) is 0 Å². The summed E-state index contributed by atoms with van der Waals surface area (Å²) < 4.78 is 0. The number of nitriles is 1. The molecule has 2 aromatic rings. The molecule has 4 heteroatoms. The Morgan fingerprint density at radius 2 is 1.34 bits per heavy atom. The third kappa shape index (κ3) is 7.48. The number of nitrogens with zero attached hydrogens (tertiary/aromatic N) is 2. The highest BCUT2D eigenvalue weighted by Crippen LogP contribution is 2.51. The van der Waals surface area contributed by atoms with Gasteiger partial charge in [0.2, 0.25) is 0 Å². The number of rotatable bonds is 10. The Labute approximate surface area is 223 Å². The van der Waals surface area contributed by atoms with E-state index in [-0.39, 0.29) is 9.75 Å². The molecule has 0 heterocycles. The summed E-state index contributed by atoms with van der Waals surface area (Å²) in [7, 11) is 0. The van der Waals surface area contributed by atoms with Gasteiger partial charge in [-0.2, -0.15) is 5.26 Å². The highest BCUT2D eigenvalue weighted by atomic mass is 35.5. The van der Waals surface area contributed by atoms with Crippen molar-refractivity contribution in [2.24, 2.45) is 0 Å². The topological polar surface area (TPSA) is 27.0 Å². The molecule has 2 nitrogen and oxygen atoms in total. The summed E-state index contributed by atoms with van der Waals surface area (Å²) in [5.74, 6) is 0. The molecule has 2 fully saturated rings. The summed E-state index contributed by atoms with van der Waals surface area (Å²) in [5.41, 5.74) is 5.63. The lowest BCUT2D eigenvalue weighted by Crippen LogP contribution is -2.27. The van der Waals surface area contributed by atoms with Gasteiger partial charge in [0.15, 0.2) is 0 Å². The lowest BCUT2D eigenvalue weighted by atomic mass is 9.82. The minimum atomic E-state index is -0.190. The fourth-order valence-electron chi connectivity index (χ4n) is 6.01. The zero-order chi connectivity index (χ0) is 25.2. The molecule has 0 radical (unpaired) electrons. The van der Waals surface area contributed by atoms with Crippen LogP contribution in [-0.4, -0.2) is 18.0 Å². The van der Waals surface area contributed by atoms with Crippen LogP contribution in [0.25, 0.3) is 0 Å². The summed E-state index contributed by atoms with van der Waals surface area (Å²) in [5, 5.41) is 7.32. The van der Waals surface area contributed by atoms with Crippen LogP contribution in [0.4, 0.5) is 0 Å². The fourth-order valence-corrected chi connectivity index (χ4v) is 6.90. The monoisotopic (exact) mass is 512 g/mol. The molecule has 0 saturated heterocycles. The summed E-state index contributed by atoms with van der Waals surface area (Å²) in [4.78, 5) is 2.23. The molecular formula is C31H42Cl2N2. The van der Waals surface area contributed by atoms with Crippen LogP contribution in [0.5, 0.6) is 0 Å². The molecule has 0 atom stereocenters.